The lowest BCUT2D eigenvalue weighted by Gasteiger charge is -2.36. The zero-order valence-corrected chi connectivity index (χ0v) is 25.3. The number of nitrogens with zero attached hydrogens (tertiary/aromatic N) is 3. The maximum Gasteiger partial charge on any atom is 0.321 e. The summed E-state index contributed by atoms with van der Waals surface area (Å²) in [6.07, 6.45) is 5.87. The molecule has 0 bridgehead atoms. The highest BCUT2D eigenvalue weighted by molar-refractivity contribution is 7.17. The van der Waals surface area contributed by atoms with Crippen molar-refractivity contribution in [1.82, 2.24) is 9.47 Å². The van der Waals surface area contributed by atoms with E-state index < -0.39 is 5.41 Å². The Morgan fingerprint density at radius 1 is 1.02 bits per heavy atom. The van der Waals surface area contributed by atoms with Crippen molar-refractivity contribution in [3.8, 4) is 5.75 Å². The predicted octanol–water partition coefficient (Wildman–Crippen LogP) is 6.44. The third kappa shape index (κ3) is 5.96. The van der Waals surface area contributed by atoms with Gasteiger partial charge in [-0.05, 0) is 79.9 Å². The van der Waals surface area contributed by atoms with Crippen LogP contribution < -0.4 is 15.2 Å². The van der Waals surface area contributed by atoms with Gasteiger partial charge in [-0.15, -0.1) is 11.3 Å². The van der Waals surface area contributed by atoms with Gasteiger partial charge < -0.3 is 14.4 Å². The fraction of sp³-hybridized carbons (Fsp3) is 0.412. The number of hydrogen-bond acceptors (Lipinski definition) is 7. The van der Waals surface area contributed by atoms with Crippen LogP contribution in [0.1, 0.15) is 39.5 Å². The third-order valence-corrected chi connectivity index (χ3v) is 9.48. The summed E-state index contributed by atoms with van der Waals surface area (Å²) in [7, 11) is 0. The van der Waals surface area contributed by atoms with Crippen molar-refractivity contribution in [1.29, 1.82) is 0 Å². The van der Waals surface area contributed by atoms with Crippen LogP contribution in [0.2, 0.25) is 0 Å². The van der Waals surface area contributed by atoms with E-state index in [1.807, 2.05) is 31.2 Å². The first-order valence-corrected chi connectivity index (χ1v) is 15.9. The molecular formula is C34H39N3O4S. The molecule has 0 N–H and O–H groups in total. The van der Waals surface area contributed by atoms with E-state index in [0.717, 1.165) is 69.4 Å². The van der Waals surface area contributed by atoms with E-state index in [1.165, 1.54) is 26.4 Å². The molecule has 0 amide bonds. The van der Waals surface area contributed by atoms with Crippen LogP contribution in [0, 0.1) is 5.41 Å². The van der Waals surface area contributed by atoms with E-state index in [9.17, 15) is 9.59 Å². The van der Waals surface area contributed by atoms with Crippen LogP contribution >= 0.6 is 11.3 Å². The number of ether oxygens (including phenoxy) is 2. The molecule has 0 saturated carbocycles. The Bertz CT molecular complexity index is 1670. The van der Waals surface area contributed by atoms with Gasteiger partial charge in [-0.3, -0.25) is 19.1 Å². The molecule has 2 aromatic carbocycles. The average Bonchev–Trinajstić information content (AvgIpc) is 3.42. The molecule has 0 spiro atoms. The molecule has 6 rings (SSSR count). The lowest BCUT2D eigenvalue weighted by Crippen LogP contribution is -2.46. The van der Waals surface area contributed by atoms with E-state index in [1.54, 1.807) is 17.4 Å². The summed E-state index contributed by atoms with van der Waals surface area (Å²) >= 11 is 1.81. The molecule has 4 aromatic rings. The molecule has 1 saturated heterocycles. The summed E-state index contributed by atoms with van der Waals surface area (Å²) in [6, 6.07) is 17.9. The molecule has 1 aliphatic heterocycles. The first-order valence-electron chi connectivity index (χ1n) is 15.1. The largest absolute Gasteiger partial charge is 0.494 e. The molecule has 1 unspecified atom stereocenters. The zero-order chi connectivity index (χ0) is 29.1. The van der Waals surface area contributed by atoms with E-state index in [2.05, 4.69) is 46.4 Å². The number of piperazine rings is 1. The van der Waals surface area contributed by atoms with Crippen LogP contribution in [-0.4, -0.2) is 54.8 Å². The van der Waals surface area contributed by atoms with Crippen LogP contribution in [0.3, 0.4) is 0 Å². The second-order valence-corrected chi connectivity index (χ2v) is 12.4. The molecule has 1 fully saturated rings. The van der Waals surface area contributed by atoms with Gasteiger partial charge in [-0.1, -0.05) is 31.1 Å². The second-order valence-electron chi connectivity index (χ2n) is 11.5. The van der Waals surface area contributed by atoms with E-state index in [0.29, 0.717) is 17.9 Å². The summed E-state index contributed by atoms with van der Waals surface area (Å²) in [6.45, 7) is 9.78. The molecule has 42 heavy (non-hydrogen) atoms. The molecule has 0 radical (unpaired) electrons. The van der Waals surface area contributed by atoms with Crippen molar-refractivity contribution in [2.24, 2.45) is 5.41 Å². The summed E-state index contributed by atoms with van der Waals surface area (Å²) in [5.74, 6) is 0.411. The monoisotopic (exact) mass is 585 g/mol. The molecule has 8 heteroatoms. The Morgan fingerprint density at radius 2 is 1.86 bits per heavy atom. The first-order chi connectivity index (χ1) is 20.5. The predicted molar refractivity (Wildman–Crippen MR) is 171 cm³/mol. The maximum atomic E-state index is 12.7. The van der Waals surface area contributed by atoms with Gasteiger partial charge >= 0.3 is 5.97 Å². The summed E-state index contributed by atoms with van der Waals surface area (Å²) < 4.78 is 14.5. The minimum Gasteiger partial charge on any atom is -0.494 e. The van der Waals surface area contributed by atoms with E-state index in [4.69, 9.17) is 9.47 Å². The number of thiophene rings is 1. The standard InChI is InChI=1S/C34H39N3O4S/c1-3-7-26-23-34(26,2)33(39)41-24-37-30-22-27(12-10-25(30)11-13-32(37)38)40-20-5-4-15-35-16-18-36(19-17-35)29-8-6-9-31-28(29)14-21-42-31/h6,8-14,21-23H,3-5,7,15-20,24H2,1-2H3. The summed E-state index contributed by atoms with van der Waals surface area (Å²) in [4.78, 5) is 30.5. The molecule has 220 valence electrons. The Hall–Kier alpha value is -3.62. The van der Waals surface area contributed by atoms with Gasteiger partial charge in [0, 0.05) is 54.1 Å². The molecule has 2 aromatic heterocycles. The Morgan fingerprint density at radius 3 is 2.69 bits per heavy atom. The molecule has 2 aliphatic rings. The van der Waals surface area contributed by atoms with Gasteiger partial charge in [0.25, 0.3) is 5.56 Å². The Balaban J connectivity index is 0.972. The third-order valence-electron chi connectivity index (χ3n) is 8.60. The van der Waals surface area contributed by atoms with Crippen molar-refractivity contribution in [3.63, 3.8) is 0 Å². The topological polar surface area (TPSA) is 64.0 Å². The fourth-order valence-electron chi connectivity index (χ4n) is 5.96. The second kappa shape index (κ2) is 12.3. The minimum atomic E-state index is -0.620. The number of pyridine rings is 1. The normalized spacial score (nSPS) is 18.8. The van der Waals surface area contributed by atoms with E-state index >= 15 is 0 Å². The molecule has 7 nitrogen and oxygen atoms in total. The quantitative estimate of drug-likeness (QED) is 0.108. The van der Waals surface area contributed by atoms with Gasteiger partial charge in [-0.25, -0.2) is 0 Å². The van der Waals surface area contributed by atoms with Gasteiger partial charge in [0.15, 0.2) is 6.73 Å². The highest BCUT2D eigenvalue weighted by Crippen LogP contribution is 2.47. The van der Waals surface area contributed by atoms with Gasteiger partial charge in [0.1, 0.15) is 11.2 Å². The van der Waals surface area contributed by atoms with Gasteiger partial charge in [0.2, 0.25) is 0 Å². The molecular weight excluding hydrogens is 546 g/mol. The van der Waals surface area contributed by atoms with Crippen LogP contribution in [0.25, 0.3) is 21.0 Å². The van der Waals surface area contributed by atoms with Crippen LogP contribution in [0.4, 0.5) is 5.69 Å². The number of rotatable bonds is 12. The number of carbonyl (C=O) groups excluding carboxylic acids is 1. The Kier molecular flexibility index (Phi) is 8.36. The average molecular weight is 586 g/mol. The minimum absolute atomic E-state index is 0.114. The van der Waals surface area contributed by atoms with Gasteiger partial charge in [0.05, 0.1) is 12.1 Å². The number of benzene rings is 2. The van der Waals surface area contributed by atoms with Crippen molar-refractivity contribution >= 4 is 44.0 Å². The molecule has 3 heterocycles. The maximum absolute atomic E-state index is 12.7. The SMILES string of the molecule is CCCC1=CC1(C)C(=O)OCn1c(=O)ccc2ccc(OCCCCN3CCN(c4cccc5sccc45)CC3)cc21. The number of fused-ring (bicyclic) bond motifs is 2. The number of aromatic nitrogens is 1. The van der Waals surface area contributed by atoms with Crippen molar-refractivity contribution in [2.45, 2.75) is 46.3 Å². The Labute approximate surface area is 250 Å². The van der Waals surface area contributed by atoms with E-state index in [-0.39, 0.29) is 18.3 Å². The smallest absolute Gasteiger partial charge is 0.321 e. The number of anilines is 1. The molecule has 1 aliphatic carbocycles. The summed E-state index contributed by atoms with van der Waals surface area (Å²) in [5, 5.41) is 4.44. The van der Waals surface area contributed by atoms with Crippen LogP contribution in [-0.2, 0) is 16.3 Å². The number of unbranched alkanes of at least 4 members (excludes halogenated alkanes) is 1. The van der Waals surface area contributed by atoms with Crippen LogP contribution in [0.5, 0.6) is 5.75 Å². The lowest BCUT2D eigenvalue weighted by molar-refractivity contribution is -0.152. The number of carbonyl (C=O) groups is 1. The highest BCUT2D eigenvalue weighted by Gasteiger charge is 2.46. The number of hydrogen-bond donors (Lipinski definition) is 0. The van der Waals surface area contributed by atoms with Crippen molar-refractivity contribution in [3.05, 3.63) is 82.0 Å². The highest BCUT2D eigenvalue weighted by atomic mass is 32.1. The fourth-order valence-corrected chi connectivity index (χ4v) is 6.77. The zero-order valence-electron chi connectivity index (χ0n) is 24.5. The van der Waals surface area contributed by atoms with Gasteiger partial charge in [-0.2, -0.15) is 0 Å². The number of esters is 1. The van der Waals surface area contributed by atoms with Crippen LogP contribution in [0.15, 0.2) is 76.4 Å². The first kappa shape index (κ1) is 28.5. The lowest BCUT2D eigenvalue weighted by atomic mass is 10.0. The van der Waals surface area contributed by atoms with Crippen molar-refractivity contribution in [2.75, 3.05) is 44.2 Å². The molecule has 1 atom stereocenters. The van der Waals surface area contributed by atoms with Crippen molar-refractivity contribution < 1.29 is 14.3 Å². The summed E-state index contributed by atoms with van der Waals surface area (Å²) in [5.41, 5.74) is 2.35.